The molecule has 116 valence electrons. The smallest absolute Gasteiger partial charge is 0.305 e. The second-order valence-corrected chi connectivity index (χ2v) is 7.35. The molecule has 0 aliphatic heterocycles. The van der Waals surface area contributed by atoms with Crippen LogP contribution in [0.25, 0.3) is 0 Å². The first-order chi connectivity index (χ1) is 9.58. The van der Waals surface area contributed by atoms with Crippen molar-refractivity contribution in [1.82, 2.24) is 5.32 Å². The number of carbonyl (C=O) groups is 2. The van der Waals surface area contributed by atoms with Crippen LogP contribution in [0.3, 0.4) is 0 Å². The fraction of sp³-hybridized carbons (Fsp3) is 0.500. The van der Waals surface area contributed by atoms with Crippen LogP contribution >= 0.6 is 15.9 Å². The van der Waals surface area contributed by atoms with Crippen molar-refractivity contribution < 1.29 is 14.7 Å². The third-order valence-electron chi connectivity index (χ3n) is 3.05. The predicted molar refractivity (Wildman–Crippen MR) is 86.5 cm³/mol. The topological polar surface area (TPSA) is 66.4 Å². The van der Waals surface area contributed by atoms with Crippen LogP contribution in [0, 0.1) is 12.3 Å². The van der Waals surface area contributed by atoms with Gasteiger partial charge in [-0.1, -0.05) is 42.8 Å². The van der Waals surface area contributed by atoms with Crippen molar-refractivity contribution in [2.24, 2.45) is 5.41 Å². The summed E-state index contributed by atoms with van der Waals surface area (Å²) in [5, 5.41) is 11.8. The Balaban J connectivity index is 2.83. The Kier molecular flexibility index (Phi) is 5.96. The summed E-state index contributed by atoms with van der Waals surface area (Å²) in [6.07, 6.45) is 0.536. The molecule has 0 radical (unpaired) electrons. The fourth-order valence-corrected chi connectivity index (χ4v) is 2.51. The highest BCUT2D eigenvalue weighted by atomic mass is 79.9. The fourth-order valence-electron chi connectivity index (χ4n) is 2.13. The number of hydrogen-bond acceptors (Lipinski definition) is 2. The van der Waals surface area contributed by atoms with Gasteiger partial charge < -0.3 is 10.4 Å². The molecule has 0 heterocycles. The Morgan fingerprint density at radius 3 is 2.43 bits per heavy atom. The van der Waals surface area contributed by atoms with Gasteiger partial charge in [-0.3, -0.25) is 9.59 Å². The van der Waals surface area contributed by atoms with Crippen LogP contribution in [0.5, 0.6) is 0 Å². The molecule has 21 heavy (non-hydrogen) atoms. The van der Waals surface area contributed by atoms with Gasteiger partial charge in [-0.25, -0.2) is 0 Å². The van der Waals surface area contributed by atoms with E-state index >= 15 is 0 Å². The first kappa shape index (κ1) is 17.7. The van der Waals surface area contributed by atoms with E-state index in [4.69, 9.17) is 5.11 Å². The number of carboxylic acids is 1. The van der Waals surface area contributed by atoms with Gasteiger partial charge in [0.25, 0.3) is 5.91 Å². The SMILES string of the molecule is Cc1ccc(C(=O)NC(CC(=O)O)CC(C)(C)C)cc1Br. The van der Waals surface area contributed by atoms with Crippen molar-refractivity contribution in [3.63, 3.8) is 0 Å². The second kappa shape index (κ2) is 7.07. The van der Waals surface area contributed by atoms with Gasteiger partial charge in [0.2, 0.25) is 0 Å². The highest BCUT2D eigenvalue weighted by Gasteiger charge is 2.23. The van der Waals surface area contributed by atoms with Crippen LogP contribution in [0.1, 0.15) is 49.5 Å². The molecule has 0 aromatic heterocycles. The minimum Gasteiger partial charge on any atom is -0.481 e. The van der Waals surface area contributed by atoms with Crippen molar-refractivity contribution in [3.05, 3.63) is 33.8 Å². The van der Waals surface area contributed by atoms with E-state index in [1.165, 1.54) is 0 Å². The molecule has 1 unspecified atom stereocenters. The molecular weight excluding hydrogens is 334 g/mol. The maximum atomic E-state index is 12.3. The number of rotatable bonds is 5. The normalized spacial score (nSPS) is 12.8. The zero-order valence-corrected chi connectivity index (χ0v) is 14.5. The maximum Gasteiger partial charge on any atom is 0.305 e. The zero-order chi connectivity index (χ0) is 16.2. The van der Waals surface area contributed by atoms with E-state index < -0.39 is 5.97 Å². The molecule has 4 nitrogen and oxygen atoms in total. The van der Waals surface area contributed by atoms with Crippen LogP contribution in [-0.2, 0) is 4.79 Å². The van der Waals surface area contributed by atoms with Gasteiger partial charge in [0.05, 0.1) is 6.42 Å². The number of benzene rings is 1. The molecule has 0 aliphatic carbocycles. The Bertz CT molecular complexity index is 535. The van der Waals surface area contributed by atoms with Crippen molar-refractivity contribution in [2.45, 2.75) is 46.6 Å². The summed E-state index contributed by atoms with van der Waals surface area (Å²) in [6.45, 7) is 8.02. The van der Waals surface area contributed by atoms with Crippen LogP contribution in [0.15, 0.2) is 22.7 Å². The van der Waals surface area contributed by atoms with E-state index in [2.05, 4.69) is 21.2 Å². The van der Waals surface area contributed by atoms with Crippen LogP contribution in [-0.4, -0.2) is 23.0 Å². The number of hydrogen-bond donors (Lipinski definition) is 2. The number of amides is 1. The summed E-state index contributed by atoms with van der Waals surface area (Å²) in [5.74, 6) is -1.15. The summed E-state index contributed by atoms with van der Waals surface area (Å²) in [5.41, 5.74) is 1.52. The molecule has 0 aliphatic rings. The van der Waals surface area contributed by atoms with Crippen LogP contribution in [0.4, 0.5) is 0 Å². The second-order valence-electron chi connectivity index (χ2n) is 6.50. The Labute approximate surface area is 134 Å². The van der Waals surface area contributed by atoms with Gasteiger partial charge in [0.1, 0.15) is 0 Å². The molecule has 0 bridgehead atoms. The minimum absolute atomic E-state index is 0.0543. The number of nitrogens with one attached hydrogen (secondary N) is 1. The number of aryl methyl sites for hydroxylation is 1. The molecule has 0 spiro atoms. The standard InChI is InChI=1S/C16H22BrNO3/c1-10-5-6-11(7-13(10)17)15(21)18-12(8-14(19)20)9-16(2,3)4/h5-7,12H,8-9H2,1-4H3,(H,18,21)(H,19,20). The number of aliphatic carboxylic acids is 1. The average molecular weight is 356 g/mol. The summed E-state index contributed by atoms with van der Waals surface area (Å²) in [7, 11) is 0. The Morgan fingerprint density at radius 1 is 1.33 bits per heavy atom. The molecule has 1 aromatic carbocycles. The Morgan fingerprint density at radius 2 is 1.95 bits per heavy atom. The predicted octanol–water partition coefficient (Wildman–Crippen LogP) is 3.77. The quantitative estimate of drug-likeness (QED) is 0.844. The van der Waals surface area contributed by atoms with E-state index in [9.17, 15) is 9.59 Å². The third kappa shape index (κ3) is 6.29. The third-order valence-corrected chi connectivity index (χ3v) is 3.90. The van der Waals surface area contributed by atoms with Crippen LogP contribution < -0.4 is 5.32 Å². The Hall–Kier alpha value is -1.36. The number of carbonyl (C=O) groups excluding carboxylic acids is 1. The van der Waals surface area contributed by atoms with Crippen molar-refractivity contribution in [2.75, 3.05) is 0 Å². The molecule has 1 atom stereocenters. The number of halogens is 1. The molecule has 5 heteroatoms. The van der Waals surface area contributed by atoms with Crippen molar-refractivity contribution in [3.8, 4) is 0 Å². The summed E-state index contributed by atoms with van der Waals surface area (Å²) < 4.78 is 0.862. The molecule has 1 amide bonds. The molecular formula is C16H22BrNO3. The lowest BCUT2D eigenvalue weighted by atomic mass is 9.87. The van der Waals surface area contributed by atoms with Gasteiger partial charge in [-0.2, -0.15) is 0 Å². The summed E-state index contributed by atoms with van der Waals surface area (Å²) >= 11 is 3.40. The first-order valence-corrected chi connectivity index (χ1v) is 7.66. The monoisotopic (exact) mass is 355 g/mol. The van der Waals surface area contributed by atoms with Gasteiger partial charge in [-0.05, 0) is 36.5 Å². The maximum absolute atomic E-state index is 12.3. The lowest BCUT2D eigenvalue weighted by Gasteiger charge is -2.26. The van der Waals surface area contributed by atoms with Crippen LogP contribution in [0.2, 0.25) is 0 Å². The van der Waals surface area contributed by atoms with E-state index in [-0.39, 0.29) is 23.8 Å². The lowest BCUT2D eigenvalue weighted by molar-refractivity contribution is -0.137. The highest BCUT2D eigenvalue weighted by Crippen LogP contribution is 2.23. The van der Waals surface area contributed by atoms with Gasteiger partial charge in [-0.15, -0.1) is 0 Å². The van der Waals surface area contributed by atoms with Crippen molar-refractivity contribution >= 4 is 27.8 Å². The molecule has 0 saturated carbocycles. The molecule has 2 N–H and O–H groups in total. The first-order valence-electron chi connectivity index (χ1n) is 6.87. The van der Waals surface area contributed by atoms with Gasteiger partial charge in [0.15, 0.2) is 0 Å². The largest absolute Gasteiger partial charge is 0.481 e. The molecule has 0 saturated heterocycles. The van der Waals surface area contributed by atoms with E-state index in [0.717, 1.165) is 10.0 Å². The molecule has 1 aromatic rings. The summed E-state index contributed by atoms with van der Waals surface area (Å²) in [4.78, 5) is 23.2. The highest BCUT2D eigenvalue weighted by molar-refractivity contribution is 9.10. The van der Waals surface area contributed by atoms with Gasteiger partial charge in [0, 0.05) is 16.1 Å². The minimum atomic E-state index is -0.908. The van der Waals surface area contributed by atoms with E-state index in [0.29, 0.717) is 12.0 Å². The lowest BCUT2D eigenvalue weighted by Crippen LogP contribution is -2.39. The zero-order valence-electron chi connectivity index (χ0n) is 12.9. The van der Waals surface area contributed by atoms with E-state index in [1.54, 1.807) is 12.1 Å². The molecule has 1 rings (SSSR count). The molecule has 0 fully saturated rings. The number of carboxylic acid groups (broad SMARTS) is 1. The van der Waals surface area contributed by atoms with Gasteiger partial charge >= 0.3 is 5.97 Å². The summed E-state index contributed by atoms with van der Waals surface area (Å²) in [6, 6.07) is 4.97. The van der Waals surface area contributed by atoms with Crippen molar-refractivity contribution in [1.29, 1.82) is 0 Å². The average Bonchev–Trinajstić information content (AvgIpc) is 2.29. The van der Waals surface area contributed by atoms with E-state index in [1.807, 2.05) is 33.8 Å².